The summed E-state index contributed by atoms with van der Waals surface area (Å²) in [6, 6.07) is 12.9. The van der Waals surface area contributed by atoms with Crippen LogP contribution in [0.25, 0.3) is 11.3 Å². The van der Waals surface area contributed by atoms with Gasteiger partial charge in [0, 0.05) is 11.3 Å². The van der Waals surface area contributed by atoms with Crippen LogP contribution in [0.1, 0.15) is 11.1 Å². The zero-order valence-electron chi connectivity index (χ0n) is 15.4. The Hall–Kier alpha value is -3.48. The largest absolute Gasteiger partial charge is 0.497 e. The Balaban J connectivity index is 1.73. The summed E-state index contributed by atoms with van der Waals surface area (Å²) in [5, 5.41) is 6.84. The van der Waals surface area contributed by atoms with Crippen molar-refractivity contribution in [2.45, 2.75) is 20.4 Å². The normalized spacial score (nSPS) is 10.5. The van der Waals surface area contributed by atoms with Gasteiger partial charge in [0.05, 0.1) is 19.0 Å². The molecule has 0 aliphatic heterocycles. The fraction of sp³-hybridized carbons (Fsp3) is 0.200. The van der Waals surface area contributed by atoms with Crippen LogP contribution in [0.5, 0.6) is 5.75 Å². The van der Waals surface area contributed by atoms with E-state index in [1.54, 1.807) is 31.4 Å². The lowest BCUT2D eigenvalue weighted by Gasteiger charge is -2.09. The van der Waals surface area contributed by atoms with E-state index in [2.05, 4.69) is 15.4 Å². The van der Waals surface area contributed by atoms with Crippen LogP contribution in [-0.4, -0.2) is 27.8 Å². The molecule has 138 valence electrons. The first-order valence-corrected chi connectivity index (χ1v) is 8.41. The zero-order valence-corrected chi connectivity index (χ0v) is 15.4. The highest BCUT2D eigenvalue weighted by molar-refractivity contribution is 5.90. The number of hydrogen-bond donors (Lipinski definition) is 1. The number of anilines is 1. The zero-order chi connectivity index (χ0) is 19.4. The van der Waals surface area contributed by atoms with E-state index in [4.69, 9.17) is 4.74 Å². The molecule has 0 bridgehead atoms. The van der Waals surface area contributed by atoms with Crippen LogP contribution >= 0.6 is 0 Å². The molecule has 0 atom stereocenters. The molecule has 0 fully saturated rings. The van der Waals surface area contributed by atoms with Gasteiger partial charge in [0.25, 0.3) is 0 Å². The van der Waals surface area contributed by atoms with Crippen molar-refractivity contribution in [3.8, 4) is 17.0 Å². The van der Waals surface area contributed by atoms with E-state index < -0.39 is 5.69 Å². The summed E-state index contributed by atoms with van der Waals surface area (Å²) in [4.78, 5) is 28.5. The molecule has 0 radical (unpaired) electrons. The maximum Gasteiger partial charge on any atom is 0.365 e. The van der Waals surface area contributed by atoms with Gasteiger partial charge in [0.2, 0.25) is 5.91 Å². The fourth-order valence-corrected chi connectivity index (χ4v) is 2.76. The van der Waals surface area contributed by atoms with Crippen molar-refractivity contribution >= 4 is 11.6 Å². The molecule has 7 nitrogen and oxygen atoms in total. The van der Waals surface area contributed by atoms with E-state index in [0.717, 1.165) is 21.4 Å². The third-order valence-corrected chi connectivity index (χ3v) is 3.94. The van der Waals surface area contributed by atoms with Crippen LogP contribution in [0.4, 0.5) is 5.69 Å². The minimum atomic E-state index is -0.584. The highest BCUT2D eigenvalue weighted by Gasteiger charge is 2.09. The van der Waals surface area contributed by atoms with Gasteiger partial charge in [0.15, 0.2) is 0 Å². The Morgan fingerprint density at radius 3 is 2.37 bits per heavy atom. The van der Waals surface area contributed by atoms with Crippen molar-refractivity contribution in [2.75, 3.05) is 12.4 Å². The van der Waals surface area contributed by atoms with Gasteiger partial charge in [-0.1, -0.05) is 6.07 Å². The van der Waals surface area contributed by atoms with E-state index in [1.807, 2.05) is 32.0 Å². The second kappa shape index (κ2) is 7.82. The molecule has 2 aromatic carbocycles. The van der Waals surface area contributed by atoms with Gasteiger partial charge in [-0.25, -0.2) is 9.48 Å². The molecule has 3 aromatic rings. The molecule has 7 heteroatoms. The molecule has 1 aromatic heterocycles. The second-order valence-corrected chi connectivity index (χ2v) is 6.23. The molecule has 3 rings (SSSR count). The first-order valence-electron chi connectivity index (χ1n) is 8.41. The molecule has 0 saturated heterocycles. The highest BCUT2D eigenvalue weighted by Crippen LogP contribution is 2.19. The van der Waals surface area contributed by atoms with E-state index in [1.165, 1.54) is 6.20 Å². The van der Waals surface area contributed by atoms with Gasteiger partial charge in [-0.05, 0) is 61.4 Å². The first kappa shape index (κ1) is 18.3. The molecule has 0 unspecified atom stereocenters. The standard InChI is InChI=1S/C20H20N4O3/c1-13-8-14(2)10-16(9-13)22-19(25)12-24-20(26)23-18(11-21-24)15-4-6-17(27-3)7-5-15/h4-11H,12H2,1-3H3,(H,22,25). The van der Waals surface area contributed by atoms with E-state index in [0.29, 0.717) is 17.1 Å². The molecular formula is C20H20N4O3. The molecule has 0 aliphatic rings. The predicted octanol–water partition coefficient (Wildman–Crippen LogP) is 2.57. The number of ether oxygens (including phenoxy) is 1. The SMILES string of the molecule is COc1ccc(-c2cnn(CC(=O)Nc3cc(C)cc(C)c3)c(=O)n2)cc1. The summed E-state index contributed by atoms with van der Waals surface area (Å²) in [6.07, 6.45) is 1.47. The lowest BCUT2D eigenvalue weighted by molar-refractivity contribution is -0.117. The number of amides is 1. The smallest absolute Gasteiger partial charge is 0.365 e. The highest BCUT2D eigenvalue weighted by atomic mass is 16.5. The van der Waals surface area contributed by atoms with Gasteiger partial charge in [-0.15, -0.1) is 0 Å². The summed E-state index contributed by atoms with van der Waals surface area (Å²) in [6.45, 7) is 3.70. The number of nitrogens with one attached hydrogen (secondary N) is 1. The lowest BCUT2D eigenvalue weighted by atomic mass is 10.1. The summed E-state index contributed by atoms with van der Waals surface area (Å²) >= 11 is 0. The van der Waals surface area contributed by atoms with Crippen molar-refractivity contribution in [3.63, 3.8) is 0 Å². The number of aryl methyl sites for hydroxylation is 2. The summed E-state index contributed by atoms with van der Waals surface area (Å²) < 4.78 is 6.14. The number of carbonyl (C=O) groups excluding carboxylic acids is 1. The van der Waals surface area contributed by atoms with Crippen molar-refractivity contribution < 1.29 is 9.53 Å². The Morgan fingerprint density at radius 1 is 1.11 bits per heavy atom. The summed E-state index contributed by atoms with van der Waals surface area (Å²) in [5.74, 6) is 0.372. The van der Waals surface area contributed by atoms with Crippen molar-refractivity contribution in [1.82, 2.24) is 14.8 Å². The van der Waals surface area contributed by atoms with Crippen molar-refractivity contribution in [2.24, 2.45) is 0 Å². The fourth-order valence-electron chi connectivity index (χ4n) is 2.76. The monoisotopic (exact) mass is 364 g/mol. The summed E-state index contributed by atoms with van der Waals surface area (Å²) in [5.41, 5.74) is 3.38. The van der Waals surface area contributed by atoms with Crippen molar-refractivity contribution in [3.05, 3.63) is 70.3 Å². The minimum Gasteiger partial charge on any atom is -0.497 e. The molecule has 0 aliphatic carbocycles. The topological polar surface area (TPSA) is 86.1 Å². The molecule has 1 amide bonds. The molecular weight excluding hydrogens is 344 g/mol. The Bertz CT molecular complexity index is 1010. The average Bonchev–Trinajstić information content (AvgIpc) is 2.62. The van der Waals surface area contributed by atoms with Gasteiger partial charge in [-0.3, -0.25) is 4.79 Å². The van der Waals surface area contributed by atoms with Crippen LogP contribution in [0.2, 0.25) is 0 Å². The van der Waals surface area contributed by atoms with Gasteiger partial charge in [-0.2, -0.15) is 10.1 Å². The van der Waals surface area contributed by atoms with Crippen LogP contribution in [0.3, 0.4) is 0 Å². The lowest BCUT2D eigenvalue weighted by Crippen LogP contribution is -2.31. The first-order chi connectivity index (χ1) is 12.9. The molecule has 0 spiro atoms. The van der Waals surface area contributed by atoms with Gasteiger partial charge in [0.1, 0.15) is 12.3 Å². The van der Waals surface area contributed by atoms with Gasteiger partial charge >= 0.3 is 5.69 Å². The third kappa shape index (κ3) is 4.58. The number of carbonyl (C=O) groups is 1. The van der Waals surface area contributed by atoms with Crippen LogP contribution in [0, 0.1) is 13.8 Å². The average molecular weight is 364 g/mol. The van der Waals surface area contributed by atoms with Crippen molar-refractivity contribution in [1.29, 1.82) is 0 Å². The maximum absolute atomic E-state index is 12.2. The van der Waals surface area contributed by atoms with Crippen LogP contribution in [0.15, 0.2) is 53.5 Å². The van der Waals surface area contributed by atoms with E-state index in [-0.39, 0.29) is 12.5 Å². The minimum absolute atomic E-state index is 0.207. The number of nitrogens with zero attached hydrogens (tertiary/aromatic N) is 3. The third-order valence-electron chi connectivity index (χ3n) is 3.94. The van der Waals surface area contributed by atoms with Gasteiger partial charge < -0.3 is 10.1 Å². The Kier molecular flexibility index (Phi) is 5.30. The number of benzene rings is 2. The number of aromatic nitrogens is 3. The second-order valence-electron chi connectivity index (χ2n) is 6.23. The number of rotatable bonds is 5. The Morgan fingerprint density at radius 2 is 1.78 bits per heavy atom. The predicted molar refractivity (Wildman–Crippen MR) is 103 cm³/mol. The quantitative estimate of drug-likeness (QED) is 0.752. The Labute approximate surface area is 156 Å². The molecule has 0 saturated carbocycles. The molecule has 1 heterocycles. The summed E-state index contributed by atoms with van der Waals surface area (Å²) in [7, 11) is 1.58. The number of hydrogen-bond acceptors (Lipinski definition) is 5. The molecule has 27 heavy (non-hydrogen) atoms. The van der Waals surface area contributed by atoms with E-state index >= 15 is 0 Å². The van der Waals surface area contributed by atoms with Crippen LogP contribution in [-0.2, 0) is 11.3 Å². The van der Waals surface area contributed by atoms with Crippen LogP contribution < -0.4 is 15.7 Å². The van der Waals surface area contributed by atoms with E-state index in [9.17, 15) is 9.59 Å². The molecule has 1 N–H and O–H groups in total. The number of methoxy groups -OCH3 is 1. The maximum atomic E-state index is 12.2.